The summed E-state index contributed by atoms with van der Waals surface area (Å²) < 4.78 is 11.6. The maximum atomic E-state index is 10.4. The second-order valence-electron chi connectivity index (χ2n) is 8.39. The molecule has 0 saturated carbocycles. The zero-order chi connectivity index (χ0) is 19.0. The van der Waals surface area contributed by atoms with Gasteiger partial charge in [-0.2, -0.15) is 4.98 Å². The second-order valence-corrected chi connectivity index (χ2v) is 8.39. The van der Waals surface area contributed by atoms with E-state index in [4.69, 9.17) is 9.47 Å². The highest BCUT2D eigenvalue weighted by Gasteiger charge is 2.47. The molecule has 1 aromatic rings. The van der Waals surface area contributed by atoms with Gasteiger partial charge in [-0.1, -0.05) is 0 Å². The minimum atomic E-state index is -1.06. The summed E-state index contributed by atoms with van der Waals surface area (Å²) in [6, 6.07) is -0.858. The van der Waals surface area contributed by atoms with Gasteiger partial charge in [-0.15, -0.1) is 0 Å². The van der Waals surface area contributed by atoms with Gasteiger partial charge in [0.1, 0.15) is 35.5 Å². The molecule has 9 heteroatoms. The number of aromatic nitrogens is 2. The summed E-state index contributed by atoms with van der Waals surface area (Å²) >= 11 is 0. The molecule has 2 heterocycles. The smallest absolute Gasteiger partial charge is 0.320 e. The summed E-state index contributed by atoms with van der Waals surface area (Å²) in [5.74, 6) is 0.299. The van der Waals surface area contributed by atoms with Gasteiger partial charge in [0.05, 0.1) is 12.2 Å². The van der Waals surface area contributed by atoms with Gasteiger partial charge in [0, 0.05) is 6.20 Å². The zero-order valence-electron chi connectivity index (χ0n) is 16.1. The number of nitrogens with two attached hydrogens (primary N) is 1. The van der Waals surface area contributed by atoms with Gasteiger partial charge in [0.2, 0.25) is 5.88 Å². The number of hydrogen-bond acceptors (Lipinski definition) is 7. The van der Waals surface area contributed by atoms with E-state index in [1.807, 2.05) is 41.5 Å². The third kappa shape index (κ3) is 5.65. The van der Waals surface area contributed by atoms with E-state index in [1.54, 1.807) is 11.5 Å². The average molecular weight is 392 g/mol. The molecule has 1 fully saturated rings. The molecule has 1 saturated heterocycles. The third-order valence-electron chi connectivity index (χ3n) is 3.74. The second kappa shape index (κ2) is 8.22. The van der Waals surface area contributed by atoms with Crippen LogP contribution in [0.15, 0.2) is 6.20 Å². The van der Waals surface area contributed by atoms with Gasteiger partial charge >= 0.3 is 6.01 Å². The van der Waals surface area contributed by atoms with Crippen molar-refractivity contribution in [2.24, 2.45) is 0 Å². The largest absolute Gasteiger partial charge is 1.00 e. The summed E-state index contributed by atoms with van der Waals surface area (Å²) in [6.07, 6.45) is -0.549. The molecular formula is C17H30ClN3O5. The molecule has 0 bridgehead atoms. The summed E-state index contributed by atoms with van der Waals surface area (Å²) in [5.41, 5.74) is -0.420. The van der Waals surface area contributed by atoms with E-state index in [0.29, 0.717) is 11.4 Å². The van der Waals surface area contributed by atoms with Crippen molar-refractivity contribution in [3.8, 4) is 11.9 Å². The predicted octanol–water partition coefficient (Wildman–Crippen LogP) is -3.46. The van der Waals surface area contributed by atoms with Crippen LogP contribution in [0.2, 0.25) is 0 Å². The van der Waals surface area contributed by atoms with Gasteiger partial charge in [-0.25, -0.2) is 4.98 Å². The summed E-state index contributed by atoms with van der Waals surface area (Å²) in [4.78, 5) is 8.59. The van der Waals surface area contributed by atoms with Gasteiger partial charge in [-0.05, 0) is 41.5 Å². The first-order valence-electron chi connectivity index (χ1n) is 8.48. The maximum absolute atomic E-state index is 10.4. The average Bonchev–Trinajstić information content (AvgIpc) is 2.72. The molecule has 0 spiro atoms. The van der Waals surface area contributed by atoms with Crippen LogP contribution < -0.4 is 27.2 Å². The lowest BCUT2D eigenvalue weighted by Crippen LogP contribution is -3.00. The van der Waals surface area contributed by atoms with E-state index >= 15 is 0 Å². The van der Waals surface area contributed by atoms with Gasteiger partial charge in [-0.3, -0.25) is 0 Å². The van der Waals surface area contributed by atoms with Gasteiger partial charge < -0.3 is 42.5 Å². The summed E-state index contributed by atoms with van der Waals surface area (Å²) in [5, 5.41) is 31.5. The van der Waals surface area contributed by atoms with Crippen molar-refractivity contribution in [2.75, 3.05) is 6.61 Å². The topological polar surface area (TPSA) is 122 Å². The van der Waals surface area contributed by atoms with Gasteiger partial charge in [0.15, 0.2) is 0 Å². The van der Waals surface area contributed by atoms with Crippen molar-refractivity contribution in [2.45, 2.75) is 77.0 Å². The van der Waals surface area contributed by atoms with Crippen LogP contribution in [0.3, 0.4) is 0 Å². The van der Waals surface area contributed by atoms with Crippen molar-refractivity contribution in [3.05, 3.63) is 11.8 Å². The lowest BCUT2D eigenvalue weighted by molar-refractivity contribution is -0.714. The van der Waals surface area contributed by atoms with Crippen LogP contribution in [-0.4, -0.2) is 61.3 Å². The lowest BCUT2D eigenvalue weighted by Gasteiger charge is -2.25. The minimum Gasteiger partial charge on any atom is -1.00 e. The first-order chi connectivity index (χ1) is 11.4. The maximum Gasteiger partial charge on any atom is 0.320 e. The first kappa shape index (κ1) is 22.9. The summed E-state index contributed by atoms with van der Waals surface area (Å²) in [7, 11) is 0. The zero-order valence-corrected chi connectivity index (χ0v) is 16.9. The molecule has 26 heavy (non-hydrogen) atoms. The molecule has 0 radical (unpaired) electrons. The number of ether oxygens (including phenoxy) is 2. The van der Waals surface area contributed by atoms with Crippen LogP contribution in [0.25, 0.3) is 0 Å². The minimum absolute atomic E-state index is 0. The molecule has 5 N–H and O–H groups in total. The van der Waals surface area contributed by atoms with Crippen LogP contribution >= 0.6 is 0 Å². The Morgan fingerprint density at radius 2 is 1.62 bits per heavy atom. The Bertz CT molecular complexity index is 603. The molecular weight excluding hydrogens is 362 g/mol. The highest BCUT2D eigenvalue weighted by atomic mass is 35.5. The SMILES string of the molecule is CC(C)(C)Oc1ncc([C@H]2[NH2+][C@@H](CO)[C@@H](O)[C@H]2O)c(OC(C)(C)C)n1.[Cl-]. The first-order valence-corrected chi connectivity index (χ1v) is 8.48. The Morgan fingerprint density at radius 1 is 1.04 bits per heavy atom. The highest BCUT2D eigenvalue weighted by Crippen LogP contribution is 2.31. The highest BCUT2D eigenvalue weighted by molar-refractivity contribution is 5.30. The molecule has 150 valence electrons. The Kier molecular flexibility index (Phi) is 7.23. The van der Waals surface area contributed by atoms with E-state index < -0.39 is 35.5 Å². The predicted molar refractivity (Wildman–Crippen MR) is 90.3 cm³/mol. The van der Waals surface area contributed by atoms with Crippen molar-refractivity contribution in [1.29, 1.82) is 0 Å². The number of aliphatic hydroxyl groups is 3. The van der Waals surface area contributed by atoms with Crippen LogP contribution in [-0.2, 0) is 0 Å². The molecule has 8 nitrogen and oxygen atoms in total. The van der Waals surface area contributed by atoms with Crippen molar-refractivity contribution < 1.29 is 42.5 Å². The molecule has 0 aromatic carbocycles. The molecule has 1 aromatic heterocycles. The number of nitrogens with zero attached hydrogens (tertiary/aromatic N) is 2. The standard InChI is InChI=1S/C17H29N3O5.ClH/c1-16(2,3)24-14-9(7-18-15(20-14)25-17(4,5)6)11-13(23)12(22)10(8-21)19-11;/h7,10-13,19,21-23H,8H2,1-6H3;1H/t10-,11+,12+,13-;/m0./s1. The number of halogens is 1. The molecule has 0 amide bonds. The van der Waals surface area contributed by atoms with E-state index in [2.05, 4.69) is 9.97 Å². The fourth-order valence-electron chi connectivity index (χ4n) is 2.70. The normalized spacial score (nSPS) is 26.3. The molecule has 2 rings (SSSR count). The molecule has 0 unspecified atom stereocenters. The third-order valence-corrected chi connectivity index (χ3v) is 3.74. The molecule has 4 atom stereocenters. The number of rotatable bonds is 4. The number of aliphatic hydroxyl groups excluding tert-OH is 3. The number of hydrogen-bond donors (Lipinski definition) is 4. The van der Waals surface area contributed by atoms with E-state index in [0.717, 1.165) is 0 Å². The molecule has 0 aliphatic carbocycles. The van der Waals surface area contributed by atoms with E-state index in [-0.39, 0.29) is 25.0 Å². The monoisotopic (exact) mass is 391 g/mol. The van der Waals surface area contributed by atoms with Crippen molar-refractivity contribution >= 4 is 0 Å². The fourth-order valence-corrected chi connectivity index (χ4v) is 2.70. The summed E-state index contributed by atoms with van der Waals surface area (Å²) in [6.45, 7) is 11.1. The van der Waals surface area contributed by atoms with Crippen LogP contribution in [0.5, 0.6) is 11.9 Å². The fraction of sp³-hybridized carbons (Fsp3) is 0.765. The Balaban J connectivity index is 0.00000338. The van der Waals surface area contributed by atoms with E-state index in [9.17, 15) is 15.3 Å². The van der Waals surface area contributed by atoms with E-state index in [1.165, 1.54) is 0 Å². The Morgan fingerprint density at radius 3 is 2.08 bits per heavy atom. The van der Waals surface area contributed by atoms with Crippen molar-refractivity contribution in [1.82, 2.24) is 9.97 Å². The van der Waals surface area contributed by atoms with Crippen LogP contribution in [0.4, 0.5) is 0 Å². The Labute approximate surface area is 160 Å². The van der Waals surface area contributed by atoms with Crippen LogP contribution in [0.1, 0.15) is 53.1 Å². The van der Waals surface area contributed by atoms with Crippen molar-refractivity contribution in [3.63, 3.8) is 0 Å². The lowest BCUT2D eigenvalue weighted by atomic mass is 10.0. The quantitative estimate of drug-likeness (QED) is 0.421. The van der Waals surface area contributed by atoms with Gasteiger partial charge in [0.25, 0.3) is 0 Å². The molecule has 1 aliphatic rings. The van der Waals surface area contributed by atoms with Crippen LogP contribution in [0, 0.1) is 0 Å². The number of quaternary nitrogens is 1. The molecule has 1 aliphatic heterocycles. The Hall–Kier alpha value is -1.19.